The third-order valence-corrected chi connectivity index (χ3v) is 10.1. The predicted octanol–water partition coefficient (Wildman–Crippen LogP) is 13.3. The fourth-order valence-corrected chi connectivity index (χ4v) is 7.99. The van der Waals surface area contributed by atoms with Crippen molar-refractivity contribution >= 4 is 66.7 Å². The minimum atomic E-state index is 1.08. The molecule has 3 nitrogen and oxygen atoms in total. The highest BCUT2D eigenvalue weighted by Gasteiger charge is 2.21. The number of aromatic nitrogens is 2. The van der Waals surface area contributed by atoms with Crippen LogP contribution >= 0.6 is 0 Å². The van der Waals surface area contributed by atoms with E-state index in [0.717, 1.165) is 35.6 Å². The molecule has 0 spiro atoms. The Hall–Kier alpha value is -6.32. The summed E-state index contributed by atoms with van der Waals surface area (Å²) in [6, 6.07) is 59.5. The molecule has 0 atom stereocenters. The van der Waals surface area contributed by atoms with E-state index in [4.69, 9.17) is 0 Å². The molecule has 51 heavy (non-hydrogen) atoms. The first-order valence-electron chi connectivity index (χ1n) is 18.1. The van der Waals surface area contributed by atoms with Crippen LogP contribution in [0.1, 0.15) is 31.4 Å². The summed E-state index contributed by atoms with van der Waals surface area (Å²) in [5, 5.41) is 5.10. The van der Waals surface area contributed by atoms with Gasteiger partial charge < -0.3 is 14.0 Å². The third kappa shape index (κ3) is 5.04. The Morgan fingerprint density at radius 3 is 1.82 bits per heavy atom. The van der Waals surface area contributed by atoms with Gasteiger partial charge in [-0.3, -0.25) is 0 Å². The van der Waals surface area contributed by atoms with Crippen LogP contribution in [0.25, 0.3) is 61.1 Å². The SMILES string of the molecule is C1=Cc2c(ccc3c2c2ccc(N(c4ccccc4)c4ccccc4)cc2n3-c2ccc3c(c2)c2ccccc2n3-c2ccccc2)CC1.CC. The summed E-state index contributed by atoms with van der Waals surface area (Å²) in [5.74, 6) is 0. The van der Waals surface area contributed by atoms with Gasteiger partial charge in [0.2, 0.25) is 0 Å². The summed E-state index contributed by atoms with van der Waals surface area (Å²) >= 11 is 0. The highest BCUT2D eigenvalue weighted by Crippen LogP contribution is 2.43. The maximum atomic E-state index is 2.49. The molecule has 10 rings (SSSR count). The summed E-state index contributed by atoms with van der Waals surface area (Å²) < 4.78 is 4.87. The van der Waals surface area contributed by atoms with Gasteiger partial charge in [-0.25, -0.2) is 0 Å². The van der Waals surface area contributed by atoms with Crippen molar-refractivity contribution in [1.82, 2.24) is 9.13 Å². The average Bonchev–Trinajstić information content (AvgIpc) is 3.72. The van der Waals surface area contributed by atoms with Crippen LogP contribution in [0, 0.1) is 0 Å². The lowest BCUT2D eigenvalue weighted by atomic mass is 9.93. The maximum absolute atomic E-state index is 2.49. The molecule has 9 aromatic rings. The van der Waals surface area contributed by atoms with E-state index < -0.39 is 0 Å². The molecule has 0 N–H and O–H groups in total. The van der Waals surface area contributed by atoms with Gasteiger partial charge in [0.05, 0.1) is 22.1 Å². The Bertz CT molecular complexity index is 2660. The molecule has 3 heteroatoms. The van der Waals surface area contributed by atoms with E-state index >= 15 is 0 Å². The van der Waals surface area contributed by atoms with Gasteiger partial charge >= 0.3 is 0 Å². The maximum Gasteiger partial charge on any atom is 0.0562 e. The van der Waals surface area contributed by atoms with Gasteiger partial charge in [-0.15, -0.1) is 0 Å². The van der Waals surface area contributed by atoms with Gasteiger partial charge in [0.1, 0.15) is 0 Å². The monoisotopic (exact) mass is 657 g/mol. The van der Waals surface area contributed by atoms with Crippen LogP contribution in [0.5, 0.6) is 0 Å². The summed E-state index contributed by atoms with van der Waals surface area (Å²) in [4.78, 5) is 2.35. The quantitative estimate of drug-likeness (QED) is 0.179. The molecule has 2 heterocycles. The van der Waals surface area contributed by atoms with Crippen LogP contribution in [0.2, 0.25) is 0 Å². The smallest absolute Gasteiger partial charge is 0.0562 e. The number of allylic oxidation sites excluding steroid dienone is 1. The number of benzene rings is 7. The fourth-order valence-electron chi connectivity index (χ4n) is 7.99. The van der Waals surface area contributed by atoms with Crippen molar-refractivity contribution < 1.29 is 0 Å². The topological polar surface area (TPSA) is 13.1 Å². The van der Waals surface area contributed by atoms with Crippen molar-refractivity contribution in [3.05, 3.63) is 181 Å². The number of hydrogen-bond acceptors (Lipinski definition) is 1. The molecular formula is C48H39N3. The number of fused-ring (bicyclic) bond motifs is 8. The zero-order valence-electron chi connectivity index (χ0n) is 29.0. The average molecular weight is 658 g/mol. The lowest BCUT2D eigenvalue weighted by Crippen LogP contribution is -2.09. The first-order valence-corrected chi connectivity index (χ1v) is 18.1. The standard InChI is InChI=1S/C46H33N3.C2H6/c1-4-15-33(16-5-1)47(34-17-6-2-7-18-34)37-25-27-40-45(31-37)49(44-28-24-32-14-10-11-21-38(32)46(40)44)36-26-29-43-41(30-36)39-22-12-13-23-42(39)48(43)35-19-8-3-9-20-35;1-2/h1-9,11-13,15-31H,10,14H2;1-2H3. The highest BCUT2D eigenvalue weighted by molar-refractivity contribution is 6.15. The number of aryl methyl sites for hydroxylation is 1. The predicted molar refractivity (Wildman–Crippen MR) is 219 cm³/mol. The molecule has 1 aliphatic rings. The van der Waals surface area contributed by atoms with E-state index in [0.29, 0.717) is 0 Å². The molecule has 0 fully saturated rings. The summed E-state index contributed by atoms with van der Waals surface area (Å²) in [6.07, 6.45) is 6.84. The van der Waals surface area contributed by atoms with E-state index in [-0.39, 0.29) is 0 Å². The molecule has 0 amide bonds. The van der Waals surface area contributed by atoms with Crippen molar-refractivity contribution in [2.75, 3.05) is 4.90 Å². The second kappa shape index (κ2) is 12.9. The first-order chi connectivity index (χ1) is 25.3. The normalized spacial score (nSPS) is 12.3. The largest absolute Gasteiger partial charge is 0.310 e. The first kappa shape index (κ1) is 30.7. The van der Waals surface area contributed by atoms with Gasteiger partial charge in [-0.05, 0) is 103 Å². The molecule has 0 bridgehead atoms. The Morgan fingerprint density at radius 1 is 0.451 bits per heavy atom. The van der Waals surface area contributed by atoms with Crippen LogP contribution in [-0.4, -0.2) is 9.13 Å². The third-order valence-electron chi connectivity index (χ3n) is 10.1. The Labute approximate surface area is 298 Å². The number of anilines is 3. The van der Waals surface area contributed by atoms with Crippen molar-refractivity contribution in [1.29, 1.82) is 0 Å². The summed E-state index contributed by atoms with van der Waals surface area (Å²) in [7, 11) is 0. The molecule has 0 radical (unpaired) electrons. The van der Waals surface area contributed by atoms with Crippen LogP contribution in [0.3, 0.4) is 0 Å². The van der Waals surface area contributed by atoms with Crippen LogP contribution in [0.4, 0.5) is 17.1 Å². The molecule has 1 aliphatic carbocycles. The van der Waals surface area contributed by atoms with Gasteiger partial charge in [-0.2, -0.15) is 0 Å². The summed E-state index contributed by atoms with van der Waals surface area (Å²) in [5.41, 5.74) is 13.3. The molecule has 7 aromatic carbocycles. The van der Waals surface area contributed by atoms with E-state index in [1.54, 1.807) is 0 Å². The number of hydrogen-bond donors (Lipinski definition) is 0. The molecular weight excluding hydrogens is 619 g/mol. The Kier molecular flexibility index (Phi) is 7.74. The van der Waals surface area contributed by atoms with Gasteiger partial charge in [-0.1, -0.05) is 111 Å². The van der Waals surface area contributed by atoms with Crippen LogP contribution in [-0.2, 0) is 6.42 Å². The lowest BCUT2D eigenvalue weighted by molar-refractivity contribution is 0.989. The molecule has 246 valence electrons. The molecule has 0 aliphatic heterocycles. The molecule has 0 saturated heterocycles. The Morgan fingerprint density at radius 2 is 1.08 bits per heavy atom. The van der Waals surface area contributed by atoms with Gasteiger partial charge in [0.15, 0.2) is 0 Å². The van der Waals surface area contributed by atoms with Crippen molar-refractivity contribution in [3.63, 3.8) is 0 Å². The number of rotatable bonds is 5. The zero-order chi connectivity index (χ0) is 34.3. The molecule has 0 saturated carbocycles. The van der Waals surface area contributed by atoms with Gasteiger partial charge in [0.25, 0.3) is 0 Å². The van der Waals surface area contributed by atoms with E-state index in [1.807, 2.05) is 13.8 Å². The number of para-hydroxylation sites is 4. The van der Waals surface area contributed by atoms with Crippen LogP contribution in [0.15, 0.2) is 170 Å². The van der Waals surface area contributed by atoms with Crippen LogP contribution < -0.4 is 4.90 Å². The molecule has 0 unspecified atom stereocenters. The van der Waals surface area contributed by atoms with Gasteiger partial charge in [0, 0.05) is 50.0 Å². The fraction of sp³-hybridized carbons (Fsp3) is 0.0833. The highest BCUT2D eigenvalue weighted by atomic mass is 15.1. The number of nitrogens with zero attached hydrogens (tertiary/aromatic N) is 3. The Balaban J connectivity index is 0.00000171. The second-order valence-corrected chi connectivity index (χ2v) is 12.9. The molecule has 2 aromatic heterocycles. The second-order valence-electron chi connectivity index (χ2n) is 12.9. The zero-order valence-corrected chi connectivity index (χ0v) is 29.0. The van der Waals surface area contributed by atoms with Crippen molar-refractivity contribution in [2.24, 2.45) is 0 Å². The summed E-state index contributed by atoms with van der Waals surface area (Å²) in [6.45, 7) is 4.00. The lowest BCUT2D eigenvalue weighted by Gasteiger charge is -2.25. The van der Waals surface area contributed by atoms with E-state index in [2.05, 4.69) is 190 Å². The minimum absolute atomic E-state index is 1.08. The van der Waals surface area contributed by atoms with E-state index in [9.17, 15) is 0 Å². The minimum Gasteiger partial charge on any atom is -0.310 e. The van der Waals surface area contributed by atoms with Crippen molar-refractivity contribution in [2.45, 2.75) is 26.7 Å². The van der Waals surface area contributed by atoms with Crippen molar-refractivity contribution in [3.8, 4) is 11.4 Å². The van der Waals surface area contributed by atoms with E-state index in [1.165, 1.54) is 60.4 Å².